The van der Waals surface area contributed by atoms with Gasteiger partial charge in [0.1, 0.15) is 10.9 Å². The number of pyridine rings is 1. The molecule has 166 valence electrons. The average molecular weight is 493 g/mol. The zero-order valence-corrected chi connectivity index (χ0v) is 19.2. The number of hydrogen-bond acceptors (Lipinski definition) is 6. The summed E-state index contributed by atoms with van der Waals surface area (Å²) < 4.78 is 38.5. The molecule has 0 saturated carbocycles. The van der Waals surface area contributed by atoms with E-state index in [9.17, 15) is 13.2 Å². The molecule has 2 aromatic carbocycles. The Morgan fingerprint density at radius 3 is 2.53 bits per heavy atom. The van der Waals surface area contributed by atoms with Gasteiger partial charge in [0.05, 0.1) is 23.3 Å². The normalized spacial score (nSPS) is 13.4. The Bertz CT molecular complexity index is 1280. The monoisotopic (exact) mass is 492 g/mol. The van der Waals surface area contributed by atoms with Crippen LogP contribution in [0.2, 0.25) is 10.2 Å². The Kier molecular flexibility index (Phi) is 6.28. The van der Waals surface area contributed by atoms with Crippen LogP contribution in [0.3, 0.4) is 0 Å². The lowest BCUT2D eigenvalue weighted by Gasteiger charge is -2.30. The van der Waals surface area contributed by atoms with Crippen molar-refractivity contribution in [3.63, 3.8) is 0 Å². The maximum absolute atomic E-state index is 13.3. The van der Waals surface area contributed by atoms with Gasteiger partial charge in [-0.25, -0.2) is 18.2 Å². The van der Waals surface area contributed by atoms with Crippen molar-refractivity contribution in [2.45, 2.75) is 17.7 Å². The number of carbonyl (C=O) groups is 1. The van der Waals surface area contributed by atoms with E-state index in [1.54, 1.807) is 24.3 Å². The fraction of sp³-hybridized carbons (Fsp3) is 0.182. The minimum absolute atomic E-state index is 0.0628. The first-order chi connectivity index (χ1) is 15.3. The fourth-order valence-electron chi connectivity index (χ4n) is 3.45. The van der Waals surface area contributed by atoms with Gasteiger partial charge in [-0.05, 0) is 54.8 Å². The van der Waals surface area contributed by atoms with E-state index in [-0.39, 0.29) is 21.5 Å². The SMILES string of the molecule is COC(=O)c1cc(Cl)nc(Oc2ccc3c(c2)N(S(=O)(=O)c2ccc(Cl)cc2)CCC3)c1. The van der Waals surface area contributed by atoms with Crippen LogP contribution in [-0.2, 0) is 21.2 Å². The summed E-state index contributed by atoms with van der Waals surface area (Å²) in [5.74, 6) is -0.141. The van der Waals surface area contributed by atoms with Gasteiger partial charge in [-0.15, -0.1) is 0 Å². The second kappa shape index (κ2) is 8.97. The molecule has 1 aromatic heterocycles. The third kappa shape index (κ3) is 4.53. The number of aromatic nitrogens is 1. The van der Waals surface area contributed by atoms with Gasteiger partial charge in [0.25, 0.3) is 10.0 Å². The Hall–Kier alpha value is -2.81. The van der Waals surface area contributed by atoms with Gasteiger partial charge >= 0.3 is 5.97 Å². The van der Waals surface area contributed by atoms with Gasteiger partial charge in [0, 0.05) is 23.7 Å². The van der Waals surface area contributed by atoms with E-state index in [0.717, 1.165) is 12.0 Å². The van der Waals surface area contributed by atoms with E-state index >= 15 is 0 Å². The summed E-state index contributed by atoms with van der Waals surface area (Å²) in [7, 11) is -2.53. The molecule has 0 amide bonds. The molecule has 0 fully saturated rings. The predicted molar refractivity (Wildman–Crippen MR) is 121 cm³/mol. The number of ether oxygens (including phenoxy) is 2. The number of aryl methyl sites for hydroxylation is 1. The second-order valence-electron chi connectivity index (χ2n) is 7.04. The van der Waals surface area contributed by atoms with Crippen LogP contribution in [0.1, 0.15) is 22.3 Å². The average Bonchev–Trinajstić information content (AvgIpc) is 2.78. The molecule has 1 aliphatic rings. The van der Waals surface area contributed by atoms with E-state index in [1.165, 1.54) is 35.7 Å². The van der Waals surface area contributed by atoms with Crippen LogP contribution in [0.4, 0.5) is 5.69 Å². The van der Waals surface area contributed by atoms with Crippen molar-refractivity contribution in [2.75, 3.05) is 18.0 Å². The lowest BCUT2D eigenvalue weighted by atomic mass is 10.0. The van der Waals surface area contributed by atoms with Crippen molar-refractivity contribution < 1.29 is 22.7 Å². The smallest absolute Gasteiger partial charge is 0.338 e. The minimum atomic E-state index is -3.79. The van der Waals surface area contributed by atoms with Crippen molar-refractivity contribution in [1.29, 1.82) is 0 Å². The van der Waals surface area contributed by atoms with Crippen LogP contribution in [-0.4, -0.2) is 33.0 Å². The Morgan fingerprint density at radius 1 is 1.06 bits per heavy atom. The van der Waals surface area contributed by atoms with Crippen LogP contribution < -0.4 is 9.04 Å². The summed E-state index contributed by atoms with van der Waals surface area (Å²) in [6.07, 6.45) is 1.43. The first-order valence-electron chi connectivity index (χ1n) is 9.63. The Balaban J connectivity index is 1.69. The number of carbonyl (C=O) groups excluding carboxylic acids is 1. The number of fused-ring (bicyclic) bond motifs is 1. The Labute approximate surface area is 195 Å². The number of methoxy groups -OCH3 is 1. The molecule has 0 unspecified atom stereocenters. The number of sulfonamides is 1. The highest BCUT2D eigenvalue weighted by Crippen LogP contribution is 2.36. The van der Waals surface area contributed by atoms with Crippen molar-refractivity contribution >= 4 is 44.9 Å². The Morgan fingerprint density at radius 2 is 1.81 bits per heavy atom. The van der Waals surface area contributed by atoms with Crippen molar-refractivity contribution in [3.05, 3.63) is 75.9 Å². The highest BCUT2D eigenvalue weighted by Gasteiger charge is 2.29. The second-order valence-corrected chi connectivity index (χ2v) is 9.72. The summed E-state index contributed by atoms with van der Waals surface area (Å²) in [6, 6.07) is 14.0. The maximum atomic E-state index is 13.3. The highest BCUT2D eigenvalue weighted by molar-refractivity contribution is 7.92. The number of benzene rings is 2. The molecule has 0 N–H and O–H groups in total. The molecule has 1 aliphatic heterocycles. The number of nitrogens with zero attached hydrogens (tertiary/aromatic N) is 2. The van der Waals surface area contributed by atoms with Crippen LogP contribution in [0, 0.1) is 0 Å². The molecular weight excluding hydrogens is 475 g/mol. The largest absolute Gasteiger partial charge is 0.465 e. The first-order valence-corrected chi connectivity index (χ1v) is 11.8. The van der Waals surface area contributed by atoms with E-state index < -0.39 is 16.0 Å². The van der Waals surface area contributed by atoms with Crippen LogP contribution >= 0.6 is 23.2 Å². The lowest BCUT2D eigenvalue weighted by Crippen LogP contribution is -2.35. The highest BCUT2D eigenvalue weighted by atomic mass is 35.5. The van der Waals surface area contributed by atoms with Gasteiger partial charge in [-0.2, -0.15) is 0 Å². The molecule has 10 heteroatoms. The maximum Gasteiger partial charge on any atom is 0.338 e. The number of anilines is 1. The van der Waals surface area contributed by atoms with E-state index in [2.05, 4.69) is 4.98 Å². The van der Waals surface area contributed by atoms with E-state index in [4.69, 9.17) is 32.7 Å². The first kappa shape index (κ1) is 22.4. The molecule has 2 heterocycles. The molecule has 3 aromatic rings. The molecule has 0 bridgehead atoms. The number of rotatable bonds is 5. The number of halogens is 2. The van der Waals surface area contributed by atoms with Crippen LogP contribution in [0.15, 0.2) is 59.5 Å². The molecule has 4 rings (SSSR count). The third-order valence-corrected chi connectivity index (χ3v) is 7.22. The fourth-order valence-corrected chi connectivity index (χ4v) is 5.31. The number of hydrogen-bond donors (Lipinski definition) is 0. The minimum Gasteiger partial charge on any atom is -0.465 e. The standard InChI is InChI=1S/C22H18Cl2N2O5S/c1-30-22(27)15-11-20(24)25-21(12-15)31-17-7-4-14-3-2-10-26(19(14)13-17)32(28,29)18-8-5-16(23)6-9-18/h4-9,11-13H,2-3,10H2,1H3. The molecular formula is C22H18Cl2N2O5S. The van der Waals surface area contributed by atoms with Crippen LogP contribution in [0.25, 0.3) is 0 Å². The summed E-state index contributed by atoms with van der Waals surface area (Å²) in [5, 5.41) is 0.520. The molecule has 7 nitrogen and oxygen atoms in total. The summed E-state index contributed by atoms with van der Waals surface area (Å²) >= 11 is 11.9. The van der Waals surface area contributed by atoms with E-state index in [0.29, 0.717) is 29.4 Å². The van der Waals surface area contributed by atoms with Gasteiger partial charge in [0.2, 0.25) is 5.88 Å². The summed E-state index contributed by atoms with van der Waals surface area (Å²) in [4.78, 5) is 16.1. The van der Waals surface area contributed by atoms with Crippen molar-refractivity contribution in [1.82, 2.24) is 4.98 Å². The molecule has 0 aliphatic carbocycles. The van der Waals surface area contributed by atoms with Crippen molar-refractivity contribution in [2.24, 2.45) is 0 Å². The molecule has 0 radical (unpaired) electrons. The summed E-state index contributed by atoms with van der Waals surface area (Å²) in [6.45, 7) is 0.337. The molecule has 32 heavy (non-hydrogen) atoms. The zero-order valence-electron chi connectivity index (χ0n) is 16.9. The quantitative estimate of drug-likeness (QED) is 0.363. The van der Waals surface area contributed by atoms with Crippen LogP contribution in [0.5, 0.6) is 11.6 Å². The van der Waals surface area contributed by atoms with Gasteiger partial charge < -0.3 is 9.47 Å². The van der Waals surface area contributed by atoms with Gasteiger partial charge in [-0.3, -0.25) is 4.31 Å². The third-order valence-electron chi connectivity index (χ3n) is 4.95. The zero-order chi connectivity index (χ0) is 22.9. The number of esters is 1. The predicted octanol–water partition coefficient (Wildman–Crippen LogP) is 5.11. The van der Waals surface area contributed by atoms with E-state index in [1.807, 2.05) is 6.07 Å². The lowest BCUT2D eigenvalue weighted by molar-refractivity contribution is 0.0600. The van der Waals surface area contributed by atoms with Gasteiger partial charge in [-0.1, -0.05) is 29.3 Å². The molecule has 0 atom stereocenters. The molecule has 0 spiro atoms. The van der Waals surface area contributed by atoms with Crippen molar-refractivity contribution in [3.8, 4) is 11.6 Å². The topological polar surface area (TPSA) is 85.8 Å². The van der Waals surface area contributed by atoms with Gasteiger partial charge in [0.15, 0.2) is 0 Å². The molecule has 0 saturated heterocycles. The summed E-state index contributed by atoms with van der Waals surface area (Å²) in [5.41, 5.74) is 1.60.